The van der Waals surface area contributed by atoms with Crippen LogP contribution < -0.4 is 4.74 Å². The Kier molecular flexibility index (Phi) is 4.81. The van der Waals surface area contributed by atoms with E-state index in [4.69, 9.17) is 4.74 Å². The van der Waals surface area contributed by atoms with Crippen molar-refractivity contribution < 1.29 is 14.6 Å². The first kappa shape index (κ1) is 16.5. The molecule has 1 fully saturated rings. The van der Waals surface area contributed by atoms with Crippen molar-refractivity contribution in [3.63, 3.8) is 0 Å². The number of likely N-dealkylation sites (tertiary alicyclic amines) is 1. The minimum atomic E-state index is -0.770. The molecule has 5 nitrogen and oxygen atoms in total. The number of aromatic nitrogens is 1. The molecule has 0 spiro atoms. The molecule has 1 saturated heterocycles. The van der Waals surface area contributed by atoms with E-state index in [1.54, 1.807) is 7.11 Å². The Morgan fingerprint density at radius 2 is 2.12 bits per heavy atom. The number of aryl methyl sites for hydroxylation is 1. The molecular weight excluding hydrogens is 304 g/mol. The molecule has 5 heteroatoms. The van der Waals surface area contributed by atoms with E-state index in [1.165, 1.54) is 0 Å². The number of carboxylic acids is 1. The summed E-state index contributed by atoms with van der Waals surface area (Å²) in [5.74, 6) is -0.00993. The Labute approximate surface area is 141 Å². The van der Waals surface area contributed by atoms with Gasteiger partial charge in [0.25, 0.3) is 0 Å². The molecule has 2 aromatic rings. The number of pyridine rings is 1. The zero-order valence-corrected chi connectivity index (χ0v) is 14.0. The Hall–Kier alpha value is -2.40. The second-order valence-corrected chi connectivity index (χ2v) is 6.12. The summed E-state index contributed by atoms with van der Waals surface area (Å²) < 4.78 is 5.35. The fourth-order valence-corrected chi connectivity index (χ4v) is 3.42. The van der Waals surface area contributed by atoms with E-state index in [0.717, 1.165) is 35.7 Å². The van der Waals surface area contributed by atoms with E-state index < -0.39 is 12.0 Å². The van der Waals surface area contributed by atoms with Crippen molar-refractivity contribution >= 4 is 5.97 Å². The second-order valence-electron chi connectivity index (χ2n) is 6.12. The number of aliphatic carboxylic acids is 1. The SMILES string of the molecule is COc1cccc(C(c2cccc(C)n2)N2CCCC2C(=O)O)c1. The molecule has 0 aliphatic carbocycles. The summed E-state index contributed by atoms with van der Waals surface area (Å²) >= 11 is 0. The summed E-state index contributed by atoms with van der Waals surface area (Å²) in [6, 6.07) is 13.0. The van der Waals surface area contributed by atoms with Gasteiger partial charge in [0, 0.05) is 12.2 Å². The van der Waals surface area contributed by atoms with Crippen LogP contribution in [0.15, 0.2) is 42.5 Å². The minimum absolute atomic E-state index is 0.191. The maximum atomic E-state index is 11.7. The Morgan fingerprint density at radius 3 is 2.83 bits per heavy atom. The van der Waals surface area contributed by atoms with E-state index in [-0.39, 0.29) is 6.04 Å². The third-order valence-corrected chi connectivity index (χ3v) is 4.51. The standard InChI is InChI=1S/C19H22N2O3/c1-13-6-3-9-16(20-13)18(14-7-4-8-15(12-14)24-2)21-11-5-10-17(21)19(22)23/h3-4,6-9,12,17-18H,5,10-11H2,1-2H3,(H,22,23). The molecule has 3 rings (SSSR count). The summed E-state index contributed by atoms with van der Waals surface area (Å²) in [6.07, 6.45) is 1.55. The van der Waals surface area contributed by atoms with Crippen molar-refractivity contribution in [2.75, 3.05) is 13.7 Å². The number of hydrogen-bond donors (Lipinski definition) is 1. The molecule has 0 radical (unpaired) electrons. The second kappa shape index (κ2) is 7.01. The number of ether oxygens (including phenoxy) is 1. The quantitative estimate of drug-likeness (QED) is 0.915. The largest absolute Gasteiger partial charge is 0.497 e. The molecule has 126 valence electrons. The summed E-state index contributed by atoms with van der Waals surface area (Å²) in [5.41, 5.74) is 2.79. The molecular formula is C19H22N2O3. The number of rotatable bonds is 5. The predicted molar refractivity (Wildman–Crippen MR) is 91.2 cm³/mol. The average molecular weight is 326 g/mol. The molecule has 0 amide bonds. The topological polar surface area (TPSA) is 62.7 Å². The predicted octanol–water partition coefficient (Wildman–Crippen LogP) is 3.04. The van der Waals surface area contributed by atoms with Crippen molar-refractivity contribution in [1.29, 1.82) is 0 Å². The van der Waals surface area contributed by atoms with Crippen LogP contribution in [-0.2, 0) is 4.79 Å². The highest BCUT2D eigenvalue weighted by molar-refractivity contribution is 5.74. The van der Waals surface area contributed by atoms with Crippen molar-refractivity contribution in [2.24, 2.45) is 0 Å². The van der Waals surface area contributed by atoms with Crippen molar-refractivity contribution in [2.45, 2.75) is 31.8 Å². The molecule has 1 aliphatic heterocycles. The number of nitrogens with zero attached hydrogens (tertiary/aromatic N) is 2. The van der Waals surface area contributed by atoms with Gasteiger partial charge in [-0.25, -0.2) is 0 Å². The molecule has 0 bridgehead atoms. The maximum Gasteiger partial charge on any atom is 0.320 e. The summed E-state index contributed by atoms with van der Waals surface area (Å²) in [4.78, 5) is 18.4. The van der Waals surface area contributed by atoms with Gasteiger partial charge in [-0.1, -0.05) is 18.2 Å². The van der Waals surface area contributed by atoms with Crippen LogP contribution in [0, 0.1) is 6.92 Å². The van der Waals surface area contributed by atoms with Crippen LogP contribution in [0.25, 0.3) is 0 Å². The van der Waals surface area contributed by atoms with Crippen molar-refractivity contribution in [3.8, 4) is 5.75 Å². The third-order valence-electron chi connectivity index (χ3n) is 4.51. The number of methoxy groups -OCH3 is 1. The van der Waals surface area contributed by atoms with Crippen LogP contribution in [0.1, 0.15) is 35.8 Å². The zero-order valence-electron chi connectivity index (χ0n) is 14.0. The normalized spacial score (nSPS) is 19.2. The van der Waals surface area contributed by atoms with E-state index in [2.05, 4.69) is 4.98 Å². The first-order valence-corrected chi connectivity index (χ1v) is 8.16. The maximum absolute atomic E-state index is 11.7. The van der Waals surface area contributed by atoms with Crippen LogP contribution in [0.3, 0.4) is 0 Å². The van der Waals surface area contributed by atoms with E-state index in [0.29, 0.717) is 6.42 Å². The highest BCUT2D eigenvalue weighted by atomic mass is 16.5. The molecule has 24 heavy (non-hydrogen) atoms. The summed E-state index contributed by atoms with van der Waals surface area (Å²) in [7, 11) is 1.63. The lowest BCUT2D eigenvalue weighted by Crippen LogP contribution is -2.39. The summed E-state index contributed by atoms with van der Waals surface area (Å²) in [5, 5.41) is 9.59. The van der Waals surface area contributed by atoms with Gasteiger partial charge in [0.05, 0.1) is 18.8 Å². The lowest BCUT2D eigenvalue weighted by Gasteiger charge is -2.31. The summed E-state index contributed by atoms with van der Waals surface area (Å²) in [6.45, 7) is 2.69. The highest BCUT2D eigenvalue weighted by Gasteiger charge is 2.37. The lowest BCUT2D eigenvalue weighted by molar-refractivity contribution is -0.142. The fourth-order valence-electron chi connectivity index (χ4n) is 3.42. The number of benzene rings is 1. The Balaban J connectivity index is 2.08. The fraction of sp³-hybridized carbons (Fsp3) is 0.368. The van der Waals surface area contributed by atoms with Crippen molar-refractivity contribution in [3.05, 3.63) is 59.4 Å². The highest BCUT2D eigenvalue weighted by Crippen LogP contribution is 2.35. The van der Waals surface area contributed by atoms with Crippen LogP contribution in [0.2, 0.25) is 0 Å². The van der Waals surface area contributed by atoms with Gasteiger partial charge in [-0.15, -0.1) is 0 Å². The molecule has 2 unspecified atom stereocenters. The van der Waals surface area contributed by atoms with Crippen LogP contribution in [0.5, 0.6) is 5.75 Å². The molecule has 2 atom stereocenters. The van der Waals surface area contributed by atoms with Crippen LogP contribution in [0.4, 0.5) is 0 Å². The number of carbonyl (C=O) groups is 1. The van der Waals surface area contributed by atoms with E-state index in [1.807, 2.05) is 54.3 Å². The van der Waals surface area contributed by atoms with Gasteiger partial charge in [0.15, 0.2) is 0 Å². The molecule has 2 heterocycles. The van der Waals surface area contributed by atoms with Gasteiger partial charge in [-0.3, -0.25) is 14.7 Å². The van der Waals surface area contributed by atoms with Gasteiger partial charge in [-0.2, -0.15) is 0 Å². The minimum Gasteiger partial charge on any atom is -0.497 e. The molecule has 1 aromatic heterocycles. The van der Waals surface area contributed by atoms with E-state index >= 15 is 0 Å². The number of hydrogen-bond acceptors (Lipinski definition) is 4. The van der Waals surface area contributed by atoms with Crippen molar-refractivity contribution in [1.82, 2.24) is 9.88 Å². The Morgan fingerprint density at radius 1 is 1.33 bits per heavy atom. The number of carboxylic acid groups (broad SMARTS) is 1. The van der Waals surface area contributed by atoms with Crippen LogP contribution in [-0.4, -0.2) is 40.7 Å². The smallest absolute Gasteiger partial charge is 0.320 e. The van der Waals surface area contributed by atoms with Crippen LogP contribution >= 0.6 is 0 Å². The Bertz CT molecular complexity index is 732. The first-order chi connectivity index (χ1) is 11.6. The van der Waals surface area contributed by atoms with Gasteiger partial charge in [0.2, 0.25) is 0 Å². The molecule has 1 aliphatic rings. The molecule has 1 N–H and O–H groups in total. The van der Waals surface area contributed by atoms with Gasteiger partial charge in [-0.05, 0) is 49.6 Å². The van der Waals surface area contributed by atoms with Gasteiger partial charge >= 0.3 is 5.97 Å². The third kappa shape index (κ3) is 3.26. The first-order valence-electron chi connectivity index (χ1n) is 8.16. The van der Waals surface area contributed by atoms with Gasteiger partial charge < -0.3 is 9.84 Å². The van der Waals surface area contributed by atoms with Gasteiger partial charge in [0.1, 0.15) is 11.8 Å². The monoisotopic (exact) mass is 326 g/mol. The molecule has 0 saturated carbocycles. The zero-order chi connectivity index (χ0) is 17.1. The lowest BCUT2D eigenvalue weighted by atomic mass is 9.99. The van der Waals surface area contributed by atoms with E-state index in [9.17, 15) is 9.90 Å². The molecule has 1 aromatic carbocycles. The average Bonchev–Trinajstić information content (AvgIpc) is 3.05.